The maximum atomic E-state index is 13.7. The van der Waals surface area contributed by atoms with Crippen molar-refractivity contribution in [1.82, 2.24) is 4.98 Å². The van der Waals surface area contributed by atoms with Gasteiger partial charge in [0.05, 0.1) is 30.3 Å². The lowest BCUT2D eigenvalue weighted by Gasteiger charge is -2.37. The number of piperidine rings is 1. The molecule has 1 aromatic heterocycles. The van der Waals surface area contributed by atoms with Crippen molar-refractivity contribution in [1.29, 1.82) is 0 Å². The van der Waals surface area contributed by atoms with Crippen molar-refractivity contribution in [2.75, 3.05) is 25.7 Å². The Balaban J connectivity index is 2.02. The average Bonchev–Trinajstić information content (AvgIpc) is 2.78. The van der Waals surface area contributed by atoms with Crippen LogP contribution in [0, 0.1) is 0 Å². The number of hydrogen-bond donors (Lipinski definition) is 0. The molecular weight excluding hydrogens is 436 g/mol. The molecule has 0 bridgehead atoms. The molecule has 164 valence electrons. The number of halogens is 1. The Kier molecular flexibility index (Phi) is 5.99. The Morgan fingerprint density at radius 1 is 1.06 bits per heavy atom. The highest BCUT2D eigenvalue weighted by molar-refractivity contribution is 7.91. The largest absolute Gasteiger partial charge is 0.493 e. The number of anilines is 1. The highest BCUT2D eigenvalue weighted by Gasteiger charge is 2.30. The number of ether oxygens (including phenoxy) is 2. The lowest BCUT2D eigenvalue weighted by Crippen LogP contribution is -2.38. The van der Waals surface area contributed by atoms with Crippen LogP contribution >= 0.6 is 11.6 Å². The third-order valence-electron chi connectivity index (χ3n) is 5.81. The molecule has 0 amide bonds. The van der Waals surface area contributed by atoms with Gasteiger partial charge in [-0.2, -0.15) is 0 Å². The van der Waals surface area contributed by atoms with Gasteiger partial charge in [0.15, 0.2) is 11.5 Å². The first-order valence-electron chi connectivity index (χ1n) is 10.2. The number of hydrogen-bond acceptors (Lipinski definition) is 6. The van der Waals surface area contributed by atoms with Gasteiger partial charge in [0.25, 0.3) is 0 Å². The van der Waals surface area contributed by atoms with Gasteiger partial charge in [-0.3, -0.25) is 4.98 Å². The summed E-state index contributed by atoms with van der Waals surface area (Å²) in [6.07, 6.45) is 4.57. The monoisotopic (exact) mass is 460 g/mol. The molecule has 31 heavy (non-hydrogen) atoms. The zero-order valence-electron chi connectivity index (χ0n) is 17.8. The minimum absolute atomic E-state index is 0.184. The molecule has 1 aliphatic rings. The maximum Gasteiger partial charge on any atom is 0.210 e. The second kappa shape index (κ2) is 8.55. The van der Waals surface area contributed by atoms with Crippen molar-refractivity contribution in [3.63, 3.8) is 0 Å². The topological polar surface area (TPSA) is 68.7 Å². The van der Waals surface area contributed by atoms with Crippen molar-refractivity contribution >= 4 is 38.0 Å². The second-order valence-corrected chi connectivity index (χ2v) is 10.0. The SMILES string of the molecule is COc1cc2ncc(S(=O)(=O)c3ccc(Cl)cc3)c(N3CCCC[C@H]3C)c2cc1OC. The number of fused-ring (bicyclic) bond motifs is 1. The van der Waals surface area contributed by atoms with E-state index in [0.717, 1.165) is 31.2 Å². The molecule has 6 nitrogen and oxygen atoms in total. The van der Waals surface area contributed by atoms with Crippen molar-refractivity contribution in [3.8, 4) is 11.5 Å². The predicted molar refractivity (Wildman–Crippen MR) is 122 cm³/mol. The number of methoxy groups -OCH3 is 2. The molecule has 1 saturated heterocycles. The van der Waals surface area contributed by atoms with E-state index in [9.17, 15) is 8.42 Å². The maximum absolute atomic E-state index is 13.7. The highest BCUT2D eigenvalue weighted by Crippen LogP contribution is 2.42. The van der Waals surface area contributed by atoms with Gasteiger partial charge < -0.3 is 14.4 Å². The molecule has 0 N–H and O–H groups in total. The van der Waals surface area contributed by atoms with E-state index in [0.29, 0.717) is 27.7 Å². The fourth-order valence-corrected chi connectivity index (χ4v) is 5.70. The number of aromatic nitrogens is 1. The summed E-state index contributed by atoms with van der Waals surface area (Å²) in [5.41, 5.74) is 1.31. The van der Waals surface area contributed by atoms with Gasteiger partial charge in [-0.05, 0) is 56.5 Å². The van der Waals surface area contributed by atoms with Crippen LogP contribution in [-0.4, -0.2) is 40.2 Å². The fourth-order valence-electron chi connectivity index (χ4n) is 4.15. The molecule has 0 unspecified atom stereocenters. The summed E-state index contributed by atoms with van der Waals surface area (Å²) in [4.78, 5) is 7.04. The molecule has 0 radical (unpaired) electrons. The van der Waals surface area contributed by atoms with Gasteiger partial charge in [0, 0.05) is 35.3 Å². The van der Waals surface area contributed by atoms with Crippen molar-refractivity contribution in [3.05, 3.63) is 47.6 Å². The summed E-state index contributed by atoms with van der Waals surface area (Å²) in [5, 5.41) is 1.21. The summed E-state index contributed by atoms with van der Waals surface area (Å²) in [6, 6.07) is 10.0. The van der Waals surface area contributed by atoms with Crippen molar-refractivity contribution < 1.29 is 17.9 Å². The zero-order chi connectivity index (χ0) is 22.2. The Bertz CT molecular complexity index is 1210. The van der Waals surface area contributed by atoms with Gasteiger partial charge in [0.1, 0.15) is 4.90 Å². The first-order chi connectivity index (χ1) is 14.9. The Labute approximate surface area is 187 Å². The van der Waals surface area contributed by atoms with Gasteiger partial charge in [0.2, 0.25) is 9.84 Å². The van der Waals surface area contributed by atoms with Crippen LogP contribution in [0.5, 0.6) is 11.5 Å². The molecule has 2 heterocycles. The van der Waals surface area contributed by atoms with Crippen LogP contribution in [0.15, 0.2) is 52.4 Å². The molecule has 4 rings (SSSR count). The Morgan fingerprint density at radius 2 is 1.74 bits per heavy atom. The van der Waals surface area contributed by atoms with Crippen LogP contribution in [0.1, 0.15) is 26.2 Å². The van der Waals surface area contributed by atoms with Gasteiger partial charge in [-0.25, -0.2) is 8.42 Å². The molecule has 0 saturated carbocycles. The number of rotatable bonds is 5. The standard InChI is InChI=1S/C23H25ClN2O4S/c1-15-6-4-5-11-26(15)23-18-12-20(29-2)21(30-3)13-19(18)25-14-22(23)31(27,28)17-9-7-16(24)8-10-17/h7-10,12-15H,4-6,11H2,1-3H3/t15-/m1/s1. The number of nitrogens with zero attached hydrogens (tertiary/aromatic N) is 2. The molecule has 1 aliphatic heterocycles. The first-order valence-corrected chi connectivity index (χ1v) is 12.0. The van der Waals surface area contributed by atoms with E-state index in [2.05, 4.69) is 16.8 Å². The van der Waals surface area contributed by atoms with Crippen LogP contribution in [0.2, 0.25) is 5.02 Å². The van der Waals surface area contributed by atoms with Crippen LogP contribution in [0.4, 0.5) is 5.69 Å². The number of sulfone groups is 1. The molecule has 2 aromatic carbocycles. The van der Waals surface area contributed by atoms with Gasteiger partial charge in [-0.15, -0.1) is 0 Å². The van der Waals surface area contributed by atoms with Crippen LogP contribution in [0.3, 0.4) is 0 Å². The second-order valence-electron chi connectivity index (χ2n) is 7.69. The zero-order valence-corrected chi connectivity index (χ0v) is 19.3. The van der Waals surface area contributed by atoms with Crippen molar-refractivity contribution in [2.45, 2.75) is 42.0 Å². The fraction of sp³-hybridized carbons (Fsp3) is 0.348. The smallest absolute Gasteiger partial charge is 0.210 e. The number of pyridine rings is 1. The average molecular weight is 461 g/mol. The van der Waals surface area contributed by atoms with E-state index in [4.69, 9.17) is 21.1 Å². The van der Waals surface area contributed by atoms with Gasteiger partial charge in [-0.1, -0.05) is 11.6 Å². The third kappa shape index (κ3) is 3.92. The molecule has 0 aliphatic carbocycles. The summed E-state index contributed by atoms with van der Waals surface area (Å²) >= 11 is 5.98. The van der Waals surface area contributed by atoms with E-state index in [1.165, 1.54) is 18.3 Å². The van der Waals surface area contributed by atoms with Crippen molar-refractivity contribution in [2.24, 2.45) is 0 Å². The quantitative estimate of drug-likeness (QED) is 0.526. The number of benzene rings is 2. The first kappa shape index (κ1) is 21.7. The minimum atomic E-state index is -3.82. The third-order valence-corrected chi connectivity index (χ3v) is 7.84. The van der Waals surface area contributed by atoms with Crippen LogP contribution in [-0.2, 0) is 9.84 Å². The molecule has 3 aromatic rings. The Hall–Kier alpha value is -2.51. The summed E-state index contributed by atoms with van der Waals surface area (Å²) in [7, 11) is -0.691. The molecule has 8 heteroatoms. The normalized spacial score (nSPS) is 17.0. The predicted octanol–water partition coefficient (Wildman–Crippen LogP) is 5.12. The molecular formula is C23H25ClN2O4S. The Morgan fingerprint density at radius 3 is 2.39 bits per heavy atom. The van der Waals surface area contributed by atoms with Crippen LogP contribution in [0.25, 0.3) is 10.9 Å². The molecule has 0 spiro atoms. The van der Waals surface area contributed by atoms with E-state index in [1.54, 1.807) is 32.4 Å². The van der Waals surface area contributed by atoms with E-state index in [-0.39, 0.29) is 15.8 Å². The molecule has 1 fully saturated rings. The van der Waals surface area contributed by atoms with E-state index in [1.807, 2.05) is 6.07 Å². The lowest BCUT2D eigenvalue weighted by molar-refractivity contribution is 0.355. The van der Waals surface area contributed by atoms with Crippen LogP contribution < -0.4 is 14.4 Å². The van der Waals surface area contributed by atoms with Gasteiger partial charge >= 0.3 is 0 Å². The lowest BCUT2D eigenvalue weighted by atomic mass is 10.0. The highest BCUT2D eigenvalue weighted by atomic mass is 35.5. The summed E-state index contributed by atoms with van der Waals surface area (Å²) < 4.78 is 38.3. The minimum Gasteiger partial charge on any atom is -0.493 e. The molecule has 1 atom stereocenters. The van der Waals surface area contributed by atoms with E-state index >= 15 is 0 Å². The summed E-state index contributed by atoms with van der Waals surface area (Å²) in [5.74, 6) is 1.08. The van der Waals surface area contributed by atoms with E-state index < -0.39 is 9.84 Å². The summed E-state index contributed by atoms with van der Waals surface area (Å²) in [6.45, 7) is 2.91.